The third-order valence-corrected chi connectivity index (χ3v) is 5.49. The van der Waals surface area contributed by atoms with Gasteiger partial charge in [-0.15, -0.1) is 0 Å². The first-order valence-corrected chi connectivity index (χ1v) is 8.72. The third kappa shape index (κ3) is 3.72. The molecule has 25 heavy (non-hydrogen) atoms. The second-order valence-electron chi connectivity index (χ2n) is 5.75. The van der Waals surface area contributed by atoms with Gasteiger partial charge in [-0.05, 0) is 36.8 Å². The number of hydrogen-bond acceptors (Lipinski definition) is 4. The van der Waals surface area contributed by atoms with E-state index in [9.17, 15) is 18.0 Å². The number of rotatable bonds is 5. The summed E-state index contributed by atoms with van der Waals surface area (Å²) in [6.07, 6.45) is 1.36. The van der Waals surface area contributed by atoms with Crippen LogP contribution < -0.4 is 5.32 Å². The molecule has 0 atom stereocenters. The van der Waals surface area contributed by atoms with E-state index in [1.807, 2.05) is 0 Å². The summed E-state index contributed by atoms with van der Waals surface area (Å²) in [6, 6.07) is 5.72. The minimum Gasteiger partial charge on any atom is -0.478 e. The zero-order chi connectivity index (χ0) is 18.9. The summed E-state index contributed by atoms with van der Waals surface area (Å²) in [6.45, 7) is 1.63. The van der Waals surface area contributed by atoms with E-state index in [4.69, 9.17) is 5.11 Å². The topological polar surface area (TPSA) is 109 Å². The van der Waals surface area contributed by atoms with E-state index in [1.54, 1.807) is 20.0 Å². The smallest absolute Gasteiger partial charge is 0.335 e. The maximum absolute atomic E-state index is 12.4. The van der Waals surface area contributed by atoms with Gasteiger partial charge in [0.1, 0.15) is 10.6 Å². The largest absolute Gasteiger partial charge is 0.478 e. The molecule has 2 aromatic rings. The average Bonchev–Trinajstić information content (AvgIpc) is 2.89. The molecule has 0 bridgehead atoms. The Labute approximate surface area is 145 Å². The second kappa shape index (κ2) is 6.69. The van der Waals surface area contributed by atoms with E-state index in [-0.39, 0.29) is 16.2 Å². The van der Waals surface area contributed by atoms with E-state index in [2.05, 4.69) is 5.32 Å². The monoisotopic (exact) mass is 365 g/mol. The van der Waals surface area contributed by atoms with E-state index < -0.39 is 21.9 Å². The lowest BCUT2D eigenvalue weighted by atomic mass is 10.1. The van der Waals surface area contributed by atoms with Crippen molar-refractivity contribution in [2.75, 3.05) is 19.4 Å². The molecular weight excluding hydrogens is 346 g/mol. The van der Waals surface area contributed by atoms with Crippen molar-refractivity contribution in [2.45, 2.75) is 11.8 Å². The summed E-state index contributed by atoms with van der Waals surface area (Å²) in [5, 5.41) is 11.7. The van der Waals surface area contributed by atoms with Gasteiger partial charge in [0.05, 0.1) is 5.56 Å². The number of anilines is 1. The zero-order valence-electron chi connectivity index (χ0n) is 14.3. The van der Waals surface area contributed by atoms with Gasteiger partial charge in [-0.1, -0.05) is 0 Å². The van der Waals surface area contributed by atoms with Gasteiger partial charge in [0.15, 0.2) is 0 Å². The molecular formula is C16H19N3O5S. The quantitative estimate of drug-likeness (QED) is 0.835. The van der Waals surface area contributed by atoms with Gasteiger partial charge in [-0.25, -0.2) is 17.5 Å². The number of aromatic carboxylic acids is 1. The highest BCUT2D eigenvalue weighted by Gasteiger charge is 2.22. The van der Waals surface area contributed by atoms with Crippen molar-refractivity contribution >= 4 is 27.6 Å². The molecule has 2 rings (SSSR count). The van der Waals surface area contributed by atoms with Gasteiger partial charge in [0, 0.05) is 33.0 Å². The second-order valence-corrected chi connectivity index (χ2v) is 7.90. The van der Waals surface area contributed by atoms with Gasteiger partial charge >= 0.3 is 5.97 Å². The molecule has 0 aliphatic carbocycles. The van der Waals surface area contributed by atoms with Crippen LogP contribution in [0.1, 0.15) is 26.4 Å². The number of nitrogens with zero attached hydrogens (tertiary/aromatic N) is 2. The molecule has 0 aliphatic heterocycles. The Hall–Kier alpha value is -2.65. The molecule has 2 N–H and O–H groups in total. The Kier molecular flexibility index (Phi) is 5.00. The van der Waals surface area contributed by atoms with Crippen molar-refractivity contribution in [2.24, 2.45) is 7.05 Å². The van der Waals surface area contributed by atoms with Gasteiger partial charge in [-0.3, -0.25) is 4.79 Å². The van der Waals surface area contributed by atoms with Crippen LogP contribution in [-0.4, -0.2) is 48.4 Å². The number of amides is 1. The van der Waals surface area contributed by atoms with E-state index in [0.717, 1.165) is 4.31 Å². The molecule has 1 aromatic heterocycles. The van der Waals surface area contributed by atoms with Crippen molar-refractivity contribution < 1.29 is 23.1 Å². The third-order valence-electron chi connectivity index (χ3n) is 3.71. The Morgan fingerprint density at radius 3 is 2.36 bits per heavy atom. The summed E-state index contributed by atoms with van der Waals surface area (Å²) >= 11 is 0. The molecule has 9 heteroatoms. The highest BCUT2D eigenvalue weighted by molar-refractivity contribution is 7.89. The van der Waals surface area contributed by atoms with Crippen LogP contribution in [0.5, 0.6) is 0 Å². The molecule has 1 aromatic carbocycles. The normalized spacial score (nSPS) is 11.6. The number of carboxylic acids is 1. The first-order chi connectivity index (χ1) is 11.5. The molecule has 134 valence electrons. The fourth-order valence-corrected chi connectivity index (χ4v) is 3.26. The number of carbonyl (C=O) groups excluding carboxylic acids is 1. The Morgan fingerprint density at radius 1 is 1.20 bits per heavy atom. The number of sulfonamides is 1. The number of carbonyl (C=O) groups is 2. The summed E-state index contributed by atoms with van der Waals surface area (Å²) in [4.78, 5) is 23.5. The standard InChI is InChI=1S/C16H19N3O5S/c1-10-7-11(5-6-13(10)16(21)22)17-15(20)14-8-12(9-19(14)4)25(23,24)18(2)3/h5-9H,1-4H3,(H,17,20)(H,21,22). The van der Waals surface area contributed by atoms with Crippen LogP contribution in [0.15, 0.2) is 35.4 Å². The SMILES string of the molecule is Cc1cc(NC(=O)c2cc(S(=O)(=O)N(C)C)cn2C)ccc1C(=O)O. The number of aromatic nitrogens is 1. The lowest BCUT2D eigenvalue weighted by molar-refractivity contribution is 0.0696. The predicted octanol–water partition coefficient (Wildman–Crippen LogP) is 1.53. The number of aryl methyl sites for hydroxylation is 2. The first-order valence-electron chi connectivity index (χ1n) is 7.28. The van der Waals surface area contributed by atoms with Crippen molar-refractivity contribution in [1.82, 2.24) is 8.87 Å². The highest BCUT2D eigenvalue weighted by Crippen LogP contribution is 2.19. The van der Waals surface area contributed by atoms with Crippen LogP contribution in [0.2, 0.25) is 0 Å². The Morgan fingerprint density at radius 2 is 1.84 bits per heavy atom. The molecule has 1 heterocycles. The number of hydrogen-bond donors (Lipinski definition) is 2. The highest BCUT2D eigenvalue weighted by atomic mass is 32.2. The molecule has 0 spiro atoms. The number of benzene rings is 1. The minimum atomic E-state index is -3.64. The number of nitrogens with one attached hydrogen (secondary N) is 1. The van der Waals surface area contributed by atoms with Crippen LogP contribution in [-0.2, 0) is 17.1 Å². The predicted molar refractivity (Wildman–Crippen MR) is 92.4 cm³/mol. The summed E-state index contributed by atoms with van der Waals surface area (Å²) in [7, 11) is 0.755. The van der Waals surface area contributed by atoms with Crippen molar-refractivity contribution in [3.8, 4) is 0 Å². The van der Waals surface area contributed by atoms with Crippen LogP contribution in [0.4, 0.5) is 5.69 Å². The lowest BCUT2D eigenvalue weighted by Gasteiger charge is -2.08. The van der Waals surface area contributed by atoms with Gasteiger partial charge < -0.3 is 15.0 Å². The maximum atomic E-state index is 12.4. The van der Waals surface area contributed by atoms with Gasteiger partial charge in [0.25, 0.3) is 5.91 Å². The summed E-state index contributed by atoms with van der Waals surface area (Å²) in [5.41, 5.74) is 1.25. The molecule has 1 amide bonds. The summed E-state index contributed by atoms with van der Waals surface area (Å²) < 4.78 is 26.8. The minimum absolute atomic E-state index is 0.0163. The maximum Gasteiger partial charge on any atom is 0.335 e. The lowest BCUT2D eigenvalue weighted by Crippen LogP contribution is -2.21. The molecule has 0 saturated heterocycles. The fourth-order valence-electron chi connectivity index (χ4n) is 2.29. The zero-order valence-corrected chi connectivity index (χ0v) is 15.1. The van der Waals surface area contributed by atoms with Crippen LogP contribution >= 0.6 is 0 Å². The first kappa shape index (κ1) is 18.7. The van der Waals surface area contributed by atoms with Crippen molar-refractivity contribution in [1.29, 1.82) is 0 Å². The van der Waals surface area contributed by atoms with Crippen LogP contribution in [0.3, 0.4) is 0 Å². The molecule has 0 aliphatic rings. The van der Waals surface area contributed by atoms with Crippen molar-refractivity contribution in [3.05, 3.63) is 47.3 Å². The Balaban J connectivity index is 2.29. The van der Waals surface area contributed by atoms with E-state index in [1.165, 1.54) is 43.1 Å². The number of carboxylic acid groups (broad SMARTS) is 1. The van der Waals surface area contributed by atoms with Gasteiger partial charge in [-0.2, -0.15) is 0 Å². The van der Waals surface area contributed by atoms with Crippen LogP contribution in [0, 0.1) is 6.92 Å². The van der Waals surface area contributed by atoms with E-state index >= 15 is 0 Å². The molecule has 0 fully saturated rings. The molecule has 0 radical (unpaired) electrons. The average molecular weight is 365 g/mol. The van der Waals surface area contributed by atoms with Gasteiger partial charge in [0.2, 0.25) is 10.0 Å². The molecule has 8 nitrogen and oxygen atoms in total. The van der Waals surface area contributed by atoms with E-state index in [0.29, 0.717) is 11.3 Å². The molecule has 0 unspecified atom stereocenters. The van der Waals surface area contributed by atoms with Crippen molar-refractivity contribution in [3.63, 3.8) is 0 Å². The van der Waals surface area contributed by atoms with Crippen LogP contribution in [0.25, 0.3) is 0 Å². The summed E-state index contributed by atoms with van der Waals surface area (Å²) in [5.74, 6) is -1.54. The Bertz CT molecular complexity index is 945. The molecule has 0 saturated carbocycles. The fraction of sp³-hybridized carbons (Fsp3) is 0.250.